The number of halogens is 2. The third-order valence-corrected chi connectivity index (χ3v) is 0. The Morgan fingerprint density at radius 3 is 1.75 bits per heavy atom. The second-order valence-corrected chi connectivity index (χ2v) is 2.03. The van der Waals surface area contributed by atoms with Crippen LogP contribution in [-0.4, -0.2) is 3.89 Å². The van der Waals surface area contributed by atoms with Gasteiger partial charge in [-0.05, 0) is 0 Å². The summed E-state index contributed by atoms with van der Waals surface area (Å²) in [5.41, 5.74) is 0. The molecule has 4 heavy (non-hydrogen) atoms. The van der Waals surface area contributed by atoms with E-state index in [0.717, 1.165) is 0 Å². The zero-order chi connectivity index (χ0) is 2.71. The first kappa shape index (κ1) is 9.61. The first-order chi connectivity index (χ1) is 1.41. The van der Waals surface area contributed by atoms with Crippen LogP contribution in [0.4, 0.5) is 0 Å². The normalized spacial score (nSPS) is 4.50. The quantitative estimate of drug-likeness (QED) is 0.469. The molecule has 0 spiro atoms. The minimum Gasteiger partial charge on any atom is -0.115 e. The van der Waals surface area contributed by atoms with Gasteiger partial charge >= 0.3 is 0 Å². The van der Waals surface area contributed by atoms with E-state index in [9.17, 15) is 0 Å². The molecule has 0 aliphatic carbocycles. The average molecular weight is 327 g/mol. The van der Waals surface area contributed by atoms with E-state index in [-0.39, 0.29) is 40.4 Å². The molecular weight excluding hydrogens is 325 g/mol. The summed E-state index contributed by atoms with van der Waals surface area (Å²) in [4.78, 5) is 0. The number of alkyl halides is 2. The van der Waals surface area contributed by atoms with E-state index < -0.39 is 0 Å². The van der Waals surface area contributed by atoms with Crippen LogP contribution in [0.5, 0.6) is 0 Å². The van der Waals surface area contributed by atoms with E-state index >= 15 is 0 Å². The fourth-order valence-electron chi connectivity index (χ4n) is 0. The Balaban J connectivity index is 0. The molecule has 0 atom stereocenters. The molecule has 0 heterocycles. The monoisotopic (exact) mass is 328 g/mol. The van der Waals surface area contributed by atoms with Crippen molar-refractivity contribution in [3.05, 3.63) is 0 Å². The minimum absolute atomic E-state index is 0. The van der Waals surface area contributed by atoms with Crippen LogP contribution < -0.4 is 0 Å². The molecule has 0 fully saturated rings. The molecule has 0 rings (SSSR count). The van der Waals surface area contributed by atoms with Crippen molar-refractivity contribution in [1.29, 1.82) is 0 Å². The maximum absolute atomic E-state index is 4.99. The van der Waals surface area contributed by atoms with Crippen molar-refractivity contribution < 1.29 is 40.4 Å². The van der Waals surface area contributed by atoms with Crippen molar-refractivity contribution in [3.8, 4) is 0 Å². The van der Waals surface area contributed by atoms with Crippen LogP contribution in [0.3, 0.4) is 0 Å². The van der Waals surface area contributed by atoms with Crippen molar-refractivity contribution >= 4 is 34.2 Å². The van der Waals surface area contributed by atoms with Gasteiger partial charge in [0.2, 0.25) is 0 Å². The van der Waals surface area contributed by atoms with E-state index in [0.29, 0.717) is 3.89 Å². The molecule has 0 aromatic heterocycles. The summed E-state index contributed by atoms with van der Waals surface area (Å²) in [6.07, 6.45) is 0. The Kier molecular flexibility index (Phi) is 21.7. The molecule has 0 saturated heterocycles. The molecule has 3 heteroatoms. The van der Waals surface area contributed by atoms with Crippen LogP contribution in [0.2, 0.25) is 0 Å². The first-order valence-corrected chi connectivity index (χ1v) is 2.59. The molecule has 0 radical (unpaired) electrons. The molecule has 26 valence electrons. The minimum atomic E-state index is 0. The van der Waals surface area contributed by atoms with Gasteiger partial charge in [-0.15, -0.1) is 11.6 Å². The Morgan fingerprint density at radius 2 is 1.75 bits per heavy atom. The summed E-state index contributed by atoms with van der Waals surface area (Å²) in [5.74, 6) is 0. The van der Waals surface area contributed by atoms with Crippen LogP contribution in [0.15, 0.2) is 0 Å². The summed E-state index contributed by atoms with van der Waals surface area (Å²) in [7, 11) is 0. The molecule has 0 N–H and O–H groups in total. The summed E-state index contributed by atoms with van der Waals surface area (Å²) < 4.78 is 0.692. The standard InChI is InChI=1S/CH2ClI.Sm/c2-1-3;/h1H2;. The first-order valence-electron chi connectivity index (χ1n) is 0.535. The van der Waals surface area contributed by atoms with Crippen molar-refractivity contribution in [2.45, 2.75) is 0 Å². The summed E-state index contributed by atoms with van der Waals surface area (Å²) in [5, 5.41) is 0. The summed E-state index contributed by atoms with van der Waals surface area (Å²) >= 11 is 7.04. The van der Waals surface area contributed by atoms with E-state index in [1.807, 2.05) is 0 Å². The molecule has 0 aliphatic rings. The van der Waals surface area contributed by atoms with Crippen molar-refractivity contribution in [2.75, 3.05) is 3.89 Å². The molecule has 0 unspecified atom stereocenters. The Labute approximate surface area is 76.9 Å². The van der Waals surface area contributed by atoms with Gasteiger partial charge in [0, 0.05) is 40.4 Å². The number of hydrogen-bond donors (Lipinski definition) is 0. The maximum Gasteiger partial charge on any atom is 0.0742 e. The van der Waals surface area contributed by atoms with Crippen LogP contribution in [0.1, 0.15) is 0 Å². The fourth-order valence-corrected chi connectivity index (χ4v) is 0. The summed E-state index contributed by atoms with van der Waals surface area (Å²) in [6.45, 7) is 0. The molecule has 0 nitrogen and oxygen atoms in total. The third kappa shape index (κ3) is 8.84. The van der Waals surface area contributed by atoms with Gasteiger partial charge in [0.15, 0.2) is 0 Å². The number of hydrogen-bond acceptors (Lipinski definition) is 0. The molecule has 0 amide bonds. The van der Waals surface area contributed by atoms with Crippen molar-refractivity contribution in [2.24, 2.45) is 0 Å². The largest absolute Gasteiger partial charge is 0.115 e. The Hall–Kier alpha value is 2.36. The molecule has 0 bridgehead atoms. The maximum atomic E-state index is 4.99. The van der Waals surface area contributed by atoms with Crippen molar-refractivity contribution in [3.63, 3.8) is 0 Å². The fraction of sp³-hybridized carbons (Fsp3) is 1.00. The van der Waals surface area contributed by atoms with Gasteiger partial charge in [-0.3, -0.25) is 0 Å². The predicted molar refractivity (Wildman–Crippen MR) is 24.7 cm³/mol. The van der Waals surface area contributed by atoms with Crippen LogP contribution >= 0.6 is 34.2 Å². The van der Waals surface area contributed by atoms with Gasteiger partial charge in [0.25, 0.3) is 0 Å². The molecule has 0 aliphatic heterocycles. The molecule has 0 aromatic carbocycles. The van der Waals surface area contributed by atoms with Crippen molar-refractivity contribution in [1.82, 2.24) is 0 Å². The van der Waals surface area contributed by atoms with Gasteiger partial charge in [0.1, 0.15) is 0 Å². The topological polar surface area (TPSA) is 0 Å². The van der Waals surface area contributed by atoms with E-state index in [1.165, 1.54) is 0 Å². The van der Waals surface area contributed by atoms with E-state index in [1.54, 1.807) is 0 Å². The summed E-state index contributed by atoms with van der Waals surface area (Å²) in [6, 6.07) is 0. The van der Waals surface area contributed by atoms with Gasteiger partial charge in [-0.1, -0.05) is 22.6 Å². The zero-order valence-corrected chi connectivity index (χ0v) is 7.40. The third-order valence-electron chi connectivity index (χ3n) is 0. The Bertz CT molecular complexity index is 8.00. The van der Waals surface area contributed by atoms with Gasteiger partial charge < -0.3 is 0 Å². The smallest absolute Gasteiger partial charge is 0.0742 e. The van der Waals surface area contributed by atoms with Crippen LogP contribution in [-0.2, 0) is 0 Å². The molecular formula is CH2ClISm. The SMILES string of the molecule is ClCI.[Sm]. The molecule has 0 aromatic rings. The number of rotatable bonds is 0. The second-order valence-electron chi connectivity index (χ2n) is 0.101. The second kappa shape index (κ2) is 9.02. The van der Waals surface area contributed by atoms with Gasteiger partial charge in [-0.25, -0.2) is 0 Å². The average Bonchev–Trinajstić information content (AvgIpc) is 0.918. The zero-order valence-electron chi connectivity index (χ0n) is 1.87. The molecule has 0 saturated carbocycles. The van der Waals surface area contributed by atoms with Crippen LogP contribution in [0.25, 0.3) is 0 Å². The van der Waals surface area contributed by atoms with Crippen LogP contribution in [0, 0.1) is 40.4 Å². The van der Waals surface area contributed by atoms with E-state index in [4.69, 9.17) is 11.6 Å². The van der Waals surface area contributed by atoms with Gasteiger partial charge in [-0.2, -0.15) is 0 Å². The van der Waals surface area contributed by atoms with Gasteiger partial charge in [0.05, 0.1) is 3.89 Å². The predicted octanol–water partition coefficient (Wildman–Crippen LogP) is 1.62. The Morgan fingerprint density at radius 1 is 1.75 bits per heavy atom. The van der Waals surface area contributed by atoms with E-state index in [2.05, 4.69) is 22.6 Å².